The molecule has 1 aliphatic heterocycles. The number of ether oxygens (including phenoxy) is 2. The third kappa shape index (κ3) is 1.80. The average Bonchev–Trinajstić information content (AvgIpc) is 2.60. The molecule has 0 N–H and O–H groups in total. The van der Waals surface area contributed by atoms with Gasteiger partial charge in [0, 0.05) is 11.3 Å². The van der Waals surface area contributed by atoms with Crippen molar-refractivity contribution in [2.45, 2.75) is 12.7 Å². The van der Waals surface area contributed by atoms with Crippen molar-refractivity contribution in [3.63, 3.8) is 0 Å². The Kier molecular flexibility index (Phi) is 2.21. The van der Waals surface area contributed by atoms with E-state index < -0.39 is 0 Å². The molecule has 0 amide bonds. The molecular weight excluding hydrogens is 160 g/mol. The highest BCUT2D eigenvalue weighted by Gasteiger charge is 2.16. The maximum atomic E-state index is 5.31. The van der Waals surface area contributed by atoms with Gasteiger partial charge in [0.15, 0.2) is 6.29 Å². The number of hydrogen-bond acceptors (Lipinski definition) is 3. The van der Waals surface area contributed by atoms with E-state index in [1.807, 2.05) is 0 Å². The van der Waals surface area contributed by atoms with Crippen LogP contribution in [0, 0.1) is 0 Å². The Morgan fingerprint density at radius 3 is 2.91 bits per heavy atom. The van der Waals surface area contributed by atoms with E-state index in [1.165, 1.54) is 4.88 Å². The molecule has 0 saturated carbocycles. The molecule has 0 spiro atoms. The summed E-state index contributed by atoms with van der Waals surface area (Å²) >= 11 is 1.75. The minimum absolute atomic E-state index is 0.00801. The van der Waals surface area contributed by atoms with Crippen molar-refractivity contribution >= 4 is 11.3 Å². The largest absolute Gasteiger partial charge is 0.350 e. The Balaban J connectivity index is 1.90. The zero-order valence-electron chi connectivity index (χ0n) is 6.16. The van der Waals surface area contributed by atoms with Crippen LogP contribution in [-0.4, -0.2) is 19.5 Å². The van der Waals surface area contributed by atoms with Crippen LogP contribution in [-0.2, 0) is 15.9 Å². The van der Waals surface area contributed by atoms with Crippen LogP contribution in [0.25, 0.3) is 0 Å². The molecule has 60 valence electrons. The van der Waals surface area contributed by atoms with Crippen LogP contribution < -0.4 is 0 Å². The van der Waals surface area contributed by atoms with E-state index in [0.717, 1.165) is 19.6 Å². The Labute approximate surface area is 69.8 Å². The second-order valence-corrected chi connectivity index (χ2v) is 3.49. The zero-order chi connectivity index (χ0) is 7.52. The van der Waals surface area contributed by atoms with Gasteiger partial charge in [-0.05, 0) is 11.4 Å². The molecule has 1 saturated heterocycles. The summed E-state index contributed by atoms with van der Waals surface area (Å²) in [5, 5.41) is 2.07. The molecule has 1 aromatic heterocycles. The van der Waals surface area contributed by atoms with Crippen LogP contribution in [0.15, 0.2) is 17.5 Å². The Morgan fingerprint density at radius 2 is 2.27 bits per heavy atom. The molecule has 0 radical (unpaired) electrons. The summed E-state index contributed by atoms with van der Waals surface area (Å²) in [4.78, 5) is 1.33. The number of rotatable bonds is 2. The van der Waals surface area contributed by atoms with E-state index in [0.29, 0.717) is 0 Å². The minimum Gasteiger partial charge on any atom is -0.350 e. The van der Waals surface area contributed by atoms with Crippen molar-refractivity contribution in [1.29, 1.82) is 0 Å². The first-order chi connectivity index (χ1) is 5.45. The van der Waals surface area contributed by atoms with Gasteiger partial charge in [-0.25, -0.2) is 0 Å². The standard InChI is InChI=1S/C8H10O2S/c1-2-7(11-5-1)6-8-9-3-4-10-8/h1-2,5,8H,3-4,6H2. The first-order valence-corrected chi connectivity index (χ1v) is 4.59. The van der Waals surface area contributed by atoms with Gasteiger partial charge in [-0.15, -0.1) is 11.3 Å². The van der Waals surface area contributed by atoms with Crippen molar-refractivity contribution in [1.82, 2.24) is 0 Å². The van der Waals surface area contributed by atoms with Crippen LogP contribution in [0.2, 0.25) is 0 Å². The normalized spacial score (nSPS) is 19.3. The van der Waals surface area contributed by atoms with Gasteiger partial charge < -0.3 is 9.47 Å². The molecule has 11 heavy (non-hydrogen) atoms. The zero-order valence-corrected chi connectivity index (χ0v) is 6.97. The number of hydrogen-bond donors (Lipinski definition) is 0. The predicted octanol–water partition coefficient (Wildman–Crippen LogP) is 1.66. The van der Waals surface area contributed by atoms with Crippen molar-refractivity contribution < 1.29 is 9.47 Å². The van der Waals surface area contributed by atoms with Crippen molar-refractivity contribution in [2.24, 2.45) is 0 Å². The second-order valence-electron chi connectivity index (χ2n) is 2.45. The molecule has 2 heterocycles. The molecule has 1 fully saturated rings. The van der Waals surface area contributed by atoms with E-state index in [9.17, 15) is 0 Å². The SMILES string of the molecule is c1csc(CC2OCCO2)c1. The molecule has 1 aromatic rings. The van der Waals surface area contributed by atoms with Gasteiger partial charge >= 0.3 is 0 Å². The summed E-state index contributed by atoms with van der Waals surface area (Å²) in [6, 6.07) is 4.16. The molecule has 0 atom stereocenters. The van der Waals surface area contributed by atoms with Crippen LogP contribution in [0.3, 0.4) is 0 Å². The fraction of sp³-hybridized carbons (Fsp3) is 0.500. The van der Waals surface area contributed by atoms with Gasteiger partial charge in [0.05, 0.1) is 13.2 Å². The molecule has 1 aliphatic rings. The molecular formula is C8H10O2S. The first kappa shape index (κ1) is 7.28. The van der Waals surface area contributed by atoms with Gasteiger partial charge in [-0.1, -0.05) is 6.07 Å². The highest BCUT2D eigenvalue weighted by Crippen LogP contribution is 2.15. The molecule has 0 bridgehead atoms. The van der Waals surface area contributed by atoms with Gasteiger partial charge in [-0.3, -0.25) is 0 Å². The van der Waals surface area contributed by atoms with Gasteiger partial charge in [0.1, 0.15) is 0 Å². The quantitative estimate of drug-likeness (QED) is 0.672. The fourth-order valence-corrected chi connectivity index (χ4v) is 1.84. The smallest absolute Gasteiger partial charge is 0.162 e. The van der Waals surface area contributed by atoms with E-state index in [4.69, 9.17) is 9.47 Å². The monoisotopic (exact) mass is 170 g/mol. The van der Waals surface area contributed by atoms with Gasteiger partial charge in [0.2, 0.25) is 0 Å². The lowest BCUT2D eigenvalue weighted by Crippen LogP contribution is -2.09. The lowest BCUT2D eigenvalue weighted by Gasteiger charge is -2.05. The van der Waals surface area contributed by atoms with E-state index in [-0.39, 0.29) is 6.29 Å². The summed E-state index contributed by atoms with van der Waals surface area (Å²) in [7, 11) is 0. The topological polar surface area (TPSA) is 18.5 Å². The molecule has 2 nitrogen and oxygen atoms in total. The van der Waals surface area contributed by atoms with Crippen molar-refractivity contribution in [3.05, 3.63) is 22.4 Å². The maximum absolute atomic E-state index is 5.31. The van der Waals surface area contributed by atoms with E-state index in [2.05, 4.69) is 17.5 Å². The summed E-state index contributed by atoms with van der Waals surface area (Å²) in [5.74, 6) is 0. The highest BCUT2D eigenvalue weighted by molar-refractivity contribution is 7.09. The summed E-state index contributed by atoms with van der Waals surface area (Å²) < 4.78 is 10.6. The Morgan fingerprint density at radius 1 is 1.45 bits per heavy atom. The Bertz CT molecular complexity index is 202. The summed E-state index contributed by atoms with van der Waals surface area (Å²) in [6.07, 6.45) is 0.908. The highest BCUT2D eigenvalue weighted by atomic mass is 32.1. The predicted molar refractivity (Wildman–Crippen MR) is 43.7 cm³/mol. The Hall–Kier alpha value is -0.380. The molecule has 3 heteroatoms. The average molecular weight is 170 g/mol. The van der Waals surface area contributed by atoms with Gasteiger partial charge in [-0.2, -0.15) is 0 Å². The lowest BCUT2D eigenvalue weighted by atomic mass is 10.3. The van der Waals surface area contributed by atoms with Crippen molar-refractivity contribution in [2.75, 3.05) is 13.2 Å². The summed E-state index contributed by atoms with van der Waals surface area (Å²) in [5.41, 5.74) is 0. The molecule has 2 rings (SSSR count). The van der Waals surface area contributed by atoms with E-state index >= 15 is 0 Å². The van der Waals surface area contributed by atoms with Crippen LogP contribution in [0.1, 0.15) is 4.88 Å². The minimum atomic E-state index is 0.00801. The second kappa shape index (κ2) is 3.34. The summed E-state index contributed by atoms with van der Waals surface area (Å²) in [6.45, 7) is 1.49. The molecule has 0 aromatic carbocycles. The van der Waals surface area contributed by atoms with Crippen molar-refractivity contribution in [3.8, 4) is 0 Å². The van der Waals surface area contributed by atoms with E-state index in [1.54, 1.807) is 11.3 Å². The fourth-order valence-electron chi connectivity index (χ4n) is 1.12. The van der Waals surface area contributed by atoms with Crippen LogP contribution >= 0.6 is 11.3 Å². The molecule has 0 aliphatic carbocycles. The third-order valence-electron chi connectivity index (χ3n) is 1.64. The van der Waals surface area contributed by atoms with Crippen LogP contribution in [0.4, 0.5) is 0 Å². The first-order valence-electron chi connectivity index (χ1n) is 3.71. The number of thiophene rings is 1. The third-order valence-corrected chi connectivity index (χ3v) is 2.54. The van der Waals surface area contributed by atoms with Gasteiger partial charge in [0.25, 0.3) is 0 Å². The van der Waals surface area contributed by atoms with Crippen LogP contribution in [0.5, 0.6) is 0 Å². The lowest BCUT2D eigenvalue weighted by molar-refractivity contribution is -0.0394. The molecule has 0 unspecified atom stereocenters. The maximum Gasteiger partial charge on any atom is 0.162 e.